The number of guanidine groups is 2. The van der Waals surface area contributed by atoms with Gasteiger partial charge in [-0.2, -0.15) is 0 Å². The Morgan fingerprint density at radius 3 is 2.26 bits per heavy atom. The highest BCUT2D eigenvalue weighted by atomic mass is 16.4. The molecule has 0 radical (unpaired) electrons. The summed E-state index contributed by atoms with van der Waals surface area (Å²) in [6, 6.07) is 10.8. The van der Waals surface area contributed by atoms with Crippen LogP contribution in [0.15, 0.2) is 46.4 Å². The molecule has 3 rings (SSSR count). The molecule has 0 bridgehead atoms. The SMILES string of the molecule is NC(N)=Nc1ccc(C2CCCc3c(N=C(N)N)cc(C(=O)O)cc32)cc1. The minimum atomic E-state index is -1.02. The second kappa shape index (κ2) is 7.36. The van der Waals surface area contributed by atoms with Crippen LogP contribution in [-0.4, -0.2) is 23.0 Å². The monoisotopic (exact) mass is 366 g/mol. The van der Waals surface area contributed by atoms with Gasteiger partial charge in [0.2, 0.25) is 0 Å². The third kappa shape index (κ3) is 4.00. The van der Waals surface area contributed by atoms with Gasteiger partial charge in [-0.3, -0.25) is 0 Å². The van der Waals surface area contributed by atoms with Gasteiger partial charge >= 0.3 is 5.97 Å². The highest BCUT2D eigenvalue weighted by Crippen LogP contribution is 2.41. The Morgan fingerprint density at radius 2 is 1.67 bits per heavy atom. The van der Waals surface area contributed by atoms with Crippen LogP contribution < -0.4 is 22.9 Å². The Labute approximate surface area is 156 Å². The number of fused-ring (bicyclic) bond motifs is 1. The molecule has 0 heterocycles. The molecule has 0 aromatic heterocycles. The maximum atomic E-state index is 11.6. The molecule has 0 spiro atoms. The fourth-order valence-corrected chi connectivity index (χ4v) is 3.54. The first kappa shape index (κ1) is 18.2. The fourth-order valence-electron chi connectivity index (χ4n) is 3.54. The second-order valence-electron chi connectivity index (χ2n) is 6.48. The van der Waals surface area contributed by atoms with Crippen molar-refractivity contribution in [3.05, 3.63) is 58.7 Å². The Hall–Kier alpha value is -3.55. The summed E-state index contributed by atoms with van der Waals surface area (Å²) >= 11 is 0. The molecule has 140 valence electrons. The molecule has 1 aliphatic carbocycles. The van der Waals surface area contributed by atoms with Crippen molar-refractivity contribution in [3.63, 3.8) is 0 Å². The molecule has 2 aromatic carbocycles. The van der Waals surface area contributed by atoms with Crippen molar-refractivity contribution in [1.82, 2.24) is 0 Å². The van der Waals surface area contributed by atoms with Gasteiger partial charge in [0.15, 0.2) is 11.9 Å². The molecule has 1 aliphatic rings. The maximum Gasteiger partial charge on any atom is 0.335 e. The summed E-state index contributed by atoms with van der Waals surface area (Å²) in [4.78, 5) is 19.7. The van der Waals surface area contributed by atoms with Crippen molar-refractivity contribution < 1.29 is 9.90 Å². The van der Waals surface area contributed by atoms with E-state index >= 15 is 0 Å². The lowest BCUT2D eigenvalue weighted by atomic mass is 9.77. The lowest BCUT2D eigenvalue weighted by Gasteiger charge is -2.27. The van der Waals surface area contributed by atoms with Gasteiger partial charge in [0.05, 0.1) is 16.9 Å². The first-order valence-electron chi connectivity index (χ1n) is 8.54. The molecule has 8 nitrogen and oxygen atoms in total. The van der Waals surface area contributed by atoms with Crippen LogP contribution >= 0.6 is 0 Å². The summed E-state index contributed by atoms with van der Waals surface area (Å²) in [6.07, 6.45) is 2.65. The lowest BCUT2D eigenvalue weighted by molar-refractivity contribution is 0.0696. The van der Waals surface area contributed by atoms with Gasteiger partial charge in [0.25, 0.3) is 0 Å². The molecule has 9 N–H and O–H groups in total. The summed E-state index contributed by atoms with van der Waals surface area (Å²) in [5.41, 5.74) is 26.2. The zero-order valence-corrected chi connectivity index (χ0v) is 14.7. The quantitative estimate of drug-likeness (QED) is 0.407. The smallest absolute Gasteiger partial charge is 0.335 e. The van der Waals surface area contributed by atoms with Crippen LogP contribution in [0.5, 0.6) is 0 Å². The standard InChI is InChI=1S/C19H22N6O2/c20-18(21)24-12-6-4-10(5-7-12)13-2-1-3-14-15(13)8-11(17(26)27)9-16(14)25-19(22)23/h4-9,13H,1-3H2,(H,26,27)(H4,20,21,24)(H4,22,23,25). The number of hydrogen-bond donors (Lipinski definition) is 5. The van der Waals surface area contributed by atoms with Crippen LogP contribution in [0, 0.1) is 0 Å². The molecular formula is C19H22N6O2. The number of benzene rings is 2. The van der Waals surface area contributed by atoms with E-state index in [1.165, 1.54) is 6.07 Å². The van der Waals surface area contributed by atoms with E-state index in [4.69, 9.17) is 22.9 Å². The number of carbonyl (C=O) groups is 1. The highest BCUT2D eigenvalue weighted by molar-refractivity contribution is 5.90. The number of aromatic carboxylic acids is 1. The van der Waals surface area contributed by atoms with Crippen molar-refractivity contribution in [2.24, 2.45) is 32.9 Å². The molecular weight excluding hydrogens is 344 g/mol. The fraction of sp³-hybridized carbons (Fsp3) is 0.211. The first-order chi connectivity index (χ1) is 12.8. The van der Waals surface area contributed by atoms with E-state index in [1.807, 2.05) is 24.3 Å². The van der Waals surface area contributed by atoms with E-state index in [2.05, 4.69) is 9.98 Å². The van der Waals surface area contributed by atoms with Gasteiger partial charge in [-0.1, -0.05) is 12.1 Å². The predicted octanol–water partition coefficient (Wildman–Crippen LogP) is 1.66. The van der Waals surface area contributed by atoms with E-state index in [0.29, 0.717) is 11.4 Å². The van der Waals surface area contributed by atoms with E-state index < -0.39 is 5.97 Å². The number of carboxylic acid groups (broad SMARTS) is 1. The predicted molar refractivity (Wildman–Crippen MR) is 106 cm³/mol. The molecule has 0 aliphatic heterocycles. The van der Waals surface area contributed by atoms with Crippen LogP contribution in [0.25, 0.3) is 0 Å². The maximum absolute atomic E-state index is 11.6. The Morgan fingerprint density at radius 1 is 1.00 bits per heavy atom. The zero-order chi connectivity index (χ0) is 19.6. The molecule has 0 amide bonds. The Bertz CT molecular complexity index is 926. The van der Waals surface area contributed by atoms with Crippen molar-refractivity contribution in [2.45, 2.75) is 25.2 Å². The van der Waals surface area contributed by atoms with Gasteiger partial charge in [-0.25, -0.2) is 14.8 Å². The summed E-state index contributed by atoms with van der Waals surface area (Å²) < 4.78 is 0. The average molecular weight is 366 g/mol. The molecule has 27 heavy (non-hydrogen) atoms. The van der Waals surface area contributed by atoms with Crippen molar-refractivity contribution >= 4 is 29.3 Å². The van der Waals surface area contributed by atoms with E-state index in [0.717, 1.165) is 36.0 Å². The average Bonchev–Trinajstić information content (AvgIpc) is 2.61. The van der Waals surface area contributed by atoms with Crippen LogP contribution in [0.3, 0.4) is 0 Å². The van der Waals surface area contributed by atoms with Crippen molar-refractivity contribution in [1.29, 1.82) is 0 Å². The molecule has 2 aromatic rings. The number of hydrogen-bond acceptors (Lipinski definition) is 3. The Balaban J connectivity index is 2.09. The summed E-state index contributed by atoms with van der Waals surface area (Å²) in [5.74, 6) is -1.06. The van der Waals surface area contributed by atoms with Crippen molar-refractivity contribution in [2.75, 3.05) is 0 Å². The summed E-state index contributed by atoms with van der Waals surface area (Å²) in [6.45, 7) is 0. The summed E-state index contributed by atoms with van der Waals surface area (Å²) in [5, 5.41) is 9.47. The minimum Gasteiger partial charge on any atom is -0.478 e. The van der Waals surface area contributed by atoms with Gasteiger partial charge in [0, 0.05) is 5.92 Å². The van der Waals surface area contributed by atoms with E-state index in [9.17, 15) is 9.90 Å². The molecule has 0 saturated carbocycles. The molecule has 1 unspecified atom stereocenters. The van der Waals surface area contributed by atoms with Crippen molar-refractivity contribution in [3.8, 4) is 0 Å². The van der Waals surface area contributed by atoms with E-state index in [1.54, 1.807) is 6.07 Å². The second-order valence-corrected chi connectivity index (χ2v) is 6.48. The Kier molecular flexibility index (Phi) is 4.98. The van der Waals surface area contributed by atoms with Crippen LogP contribution in [0.1, 0.15) is 45.8 Å². The zero-order valence-electron chi connectivity index (χ0n) is 14.7. The molecule has 0 saturated heterocycles. The van der Waals surface area contributed by atoms with Crippen LogP contribution in [0.4, 0.5) is 11.4 Å². The summed E-state index contributed by atoms with van der Waals surface area (Å²) in [7, 11) is 0. The molecule has 0 fully saturated rings. The largest absolute Gasteiger partial charge is 0.478 e. The third-order valence-electron chi connectivity index (χ3n) is 4.61. The lowest BCUT2D eigenvalue weighted by Crippen LogP contribution is -2.22. The normalized spacial score (nSPS) is 15.5. The number of nitrogens with two attached hydrogens (primary N) is 4. The van der Waals surface area contributed by atoms with Gasteiger partial charge < -0.3 is 28.0 Å². The van der Waals surface area contributed by atoms with Crippen LogP contribution in [0.2, 0.25) is 0 Å². The highest BCUT2D eigenvalue weighted by Gasteiger charge is 2.26. The molecule has 8 heteroatoms. The van der Waals surface area contributed by atoms with Crippen LogP contribution in [-0.2, 0) is 6.42 Å². The van der Waals surface area contributed by atoms with Gasteiger partial charge in [-0.15, -0.1) is 0 Å². The van der Waals surface area contributed by atoms with Gasteiger partial charge in [0.1, 0.15) is 0 Å². The van der Waals surface area contributed by atoms with Gasteiger partial charge in [-0.05, 0) is 60.2 Å². The number of nitrogens with zero attached hydrogens (tertiary/aromatic N) is 2. The third-order valence-corrected chi connectivity index (χ3v) is 4.61. The molecule has 1 atom stereocenters. The number of carboxylic acids is 1. The van der Waals surface area contributed by atoms with E-state index in [-0.39, 0.29) is 23.4 Å². The minimum absolute atomic E-state index is 0.00117. The number of rotatable bonds is 4. The topological polar surface area (TPSA) is 166 Å². The number of aliphatic imine (C=N–C) groups is 2. The first-order valence-corrected chi connectivity index (χ1v) is 8.54.